The molecule has 0 aromatic heterocycles. The highest BCUT2D eigenvalue weighted by Gasteiger charge is 2.37. The summed E-state index contributed by atoms with van der Waals surface area (Å²) in [5.41, 5.74) is 6.54. The second kappa shape index (κ2) is 4.71. The lowest BCUT2D eigenvalue weighted by atomic mass is 10.0. The number of carbonyl (C=O) groups excluding carboxylic acids is 1. The fraction of sp³-hybridized carbons (Fsp3) is 0.231. The monoisotopic (exact) mass is 261 g/mol. The first-order chi connectivity index (χ1) is 8.56. The number of halogens is 1. The molecule has 2 atom stereocenters. The summed E-state index contributed by atoms with van der Waals surface area (Å²) in [6.07, 6.45) is 5.37. The Hall–Kier alpha value is -1.99. The minimum absolute atomic E-state index is 0.218. The van der Waals surface area contributed by atoms with E-state index in [1.807, 2.05) is 18.2 Å². The molecule has 4 nitrogen and oxygen atoms in total. The van der Waals surface area contributed by atoms with E-state index in [4.69, 9.17) is 23.8 Å². The van der Waals surface area contributed by atoms with Gasteiger partial charge in [0, 0.05) is 10.6 Å². The zero-order valence-corrected chi connectivity index (χ0v) is 10.6. The first kappa shape index (κ1) is 12.5. The van der Waals surface area contributed by atoms with E-state index in [2.05, 4.69) is 10.9 Å². The molecular formula is C13H12ClN3O. The normalized spacial score (nSPS) is 20.5. The number of nitrogens with zero attached hydrogens (tertiary/aromatic N) is 2. The molecule has 1 aliphatic rings. The quantitative estimate of drug-likeness (QED) is 0.830. The van der Waals surface area contributed by atoms with Crippen LogP contribution in [0.1, 0.15) is 18.5 Å². The number of hydrogen-bond donors (Lipinski definition) is 1. The van der Waals surface area contributed by atoms with Crippen LogP contribution in [0.5, 0.6) is 0 Å². The second-order valence-corrected chi connectivity index (χ2v) is 4.40. The summed E-state index contributed by atoms with van der Waals surface area (Å²) < 4.78 is 0. The van der Waals surface area contributed by atoms with Crippen LogP contribution in [0, 0.1) is 12.3 Å². The maximum Gasteiger partial charge on any atom is 0.347 e. The van der Waals surface area contributed by atoms with E-state index >= 15 is 0 Å². The van der Waals surface area contributed by atoms with Crippen LogP contribution in [0.25, 0.3) is 0 Å². The van der Waals surface area contributed by atoms with Gasteiger partial charge in [0.1, 0.15) is 11.9 Å². The van der Waals surface area contributed by atoms with Crippen LogP contribution in [0.2, 0.25) is 5.02 Å². The molecule has 1 heterocycles. The van der Waals surface area contributed by atoms with Crippen molar-refractivity contribution in [2.45, 2.75) is 19.0 Å². The fourth-order valence-electron chi connectivity index (χ4n) is 1.96. The Labute approximate surface area is 110 Å². The average Bonchev–Trinajstić information content (AvgIpc) is 2.64. The Morgan fingerprint density at radius 2 is 2.22 bits per heavy atom. The second-order valence-electron chi connectivity index (χ2n) is 3.99. The molecule has 92 valence electrons. The van der Waals surface area contributed by atoms with Gasteiger partial charge >= 0.3 is 6.03 Å². The van der Waals surface area contributed by atoms with Gasteiger partial charge < -0.3 is 5.73 Å². The van der Waals surface area contributed by atoms with Gasteiger partial charge in [-0.25, -0.2) is 4.79 Å². The fourth-order valence-corrected chi connectivity index (χ4v) is 2.20. The summed E-state index contributed by atoms with van der Waals surface area (Å²) in [6, 6.07) is 5.88. The number of amidine groups is 1. The minimum atomic E-state index is -0.489. The standard InChI is InChI=1S/C13H12ClN3O/c1-3-8(2)17-11(12(15)16-13(17)18)9-6-4-5-7-10(9)14/h1,4-8,11H,2H3,(H2,15,16,18). The highest BCUT2D eigenvalue weighted by atomic mass is 35.5. The Balaban J connectivity index is 2.48. The third-order valence-electron chi connectivity index (χ3n) is 2.86. The van der Waals surface area contributed by atoms with Gasteiger partial charge in [-0.3, -0.25) is 4.90 Å². The Morgan fingerprint density at radius 1 is 1.56 bits per heavy atom. The molecule has 0 spiro atoms. The number of rotatable bonds is 2. The maximum atomic E-state index is 11.8. The van der Waals surface area contributed by atoms with Crippen molar-refractivity contribution in [2.75, 3.05) is 0 Å². The van der Waals surface area contributed by atoms with Gasteiger partial charge in [0.15, 0.2) is 0 Å². The number of aliphatic imine (C=N–C) groups is 1. The molecule has 1 aromatic rings. The summed E-state index contributed by atoms with van der Waals surface area (Å²) in [5.74, 6) is 2.73. The van der Waals surface area contributed by atoms with E-state index in [0.29, 0.717) is 5.02 Å². The first-order valence-electron chi connectivity index (χ1n) is 5.43. The lowest BCUT2D eigenvalue weighted by Gasteiger charge is -2.27. The van der Waals surface area contributed by atoms with E-state index < -0.39 is 18.1 Å². The van der Waals surface area contributed by atoms with Gasteiger partial charge in [0.2, 0.25) is 0 Å². The first-order valence-corrected chi connectivity index (χ1v) is 5.81. The third-order valence-corrected chi connectivity index (χ3v) is 3.21. The topological polar surface area (TPSA) is 58.7 Å². The van der Waals surface area contributed by atoms with Crippen LogP contribution in [-0.2, 0) is 0 Å². The van der Waals surface area contributed by atoms with E-state index in [1.54, 1.807) is 13.0 Å². The number of hydrogen-bond acceptors (Lipinski definition) is 2. The largest absolute Gasteiger partial charge is 0.385 e. The van der Waals surface area contributed by atoms with Crippen molar-refractivity contribution in [3.8, 4) is 12.3 Å². The summed E-state index contributed by atoms with van der Waals surface area (Å²) >= 11 is 6.13. The van der Waals surface area contributed by atoms with Gasteiger partial charge in [-0.15, -0.1) is 6.42 Å². The van der Waals surface area contributed by atoms with Gasteiger partial charge in [0.25, 0.3) is 0 Å². The zero-order chi connectivity index (χ0) is 13.3. The van der Waals surface area contributed by atoms with Crippen molar-refractivity contribution >= 4 is 23.5 Å². The highest BCUT2D eigenvalue weighted by molar-refractivity contribution is 6.31. The molecule has 2 N–H and O–H groups in total. The Kier molecular flexibility index (Phi) is 3.26. The molecule has 2 amide bonds. The lowest BCUT2D eigenvalue weighted by molar-refractivity contribution is 0.199. The van der Waals surface area contributed by atoms with Crippen molar-refractivity contribution < 1.29 is 4.79 Å². The van der Waals surface area contributed by atoms with E-state index in [1.165, 1.54) is 4.90 Å². The molecule has 0 bridgehead atoms. The molecule has 1 aliphatic heterocycles. The van der Waals surface area contributed by atoms with Crippen molar-refractivity contribution in [1.82, 2.24) is 4.90 Å². The van der Waals surface area contributed by atoms with Crippen molar-refractivity contribution in [3.05, 3.63) is 34.9 Å². The van der Waals surface area contributed by atoms with E-state index in [-0.39, 0.29) is 5.84 Å². The molecule has 0 radical (unpaired) electrons. The zero-order valence-electron chi connectivity index (χ0n) is 9.80. The van der Waals surface area contributed by atoms with Gasteiger partial charge in [-0.05, 0) is 13.0 Å². The predicted molar refractivity (Wildman–Crippen MR) is 71.3 cm³/mol. The van der Waals surface area contributed by atoms with Crippen LogP contribution in [-0.4, -0.2) is 22.8 Å². The third kappa shape index (κ3) is 1.93. The average molecular weight is 262 g/mol. The Bertz CT molecular complexity index is 562. The maximum absolute atomic E-state index is 11.8. The number of urea groups is 1. The number of nitrogens with two attached hydrogens (primary N) is 1. The molecule has 0 saturated heterocycles. The van der Waals surface area contributed by atoms with Gasteiger partial charge in [-0.2, -0.15) is 4.99 Å². The van der Waals surface area contributed by atoms with Crippen LogP contribution in [0.4, 0.5) is 4.79 Å². The lowest BCUT2D eigenvalue weighted by Crippen LogP contribution is -2.39. The molecule has 5 heteroatoms. The van der Waals surface area contributed by atoms with Crippen molar-refractivity contribution in [1.29, 1.82) is 0 Å². The summed E-state index contributed by atoms with van der Waals surface area (Å²) in [6.45, 7) is 1.75. The van der Waals surface area contributed by atoms with Crippen LogP contribution < -0.4 is 5.73 Å². The van der Waals surface area contributed by atoms with Crippen LogP contribution in [0.15, 0.2) is 29.3 Å². The number of carbonyl (C=O) groups is 1. The van der Waals surface area contributed by atoms with Crippen LogP contribution in [0.3, 0.4) is 0 Å². The summed E-state index contributed by atoms with van der Waals surface area (Å²) in [4.78, 5) is 17.0. The molecular weight excluding hydrogens is 250 g/mol. The molecule has 2 unspecified atom stereocenters. The van der Waals surface area contributed by atoms with Crippen molar-refractivity contribution in [3.63, 3.8) is 0 Å². The smallest absolute Gasteiger partial charge is 0.347 e. The predicted octanol–water partition coefficient (Wildman–Crippen LogP) is 2.20. The van der Waals surface area contributed by atoms with Crippen molar-refractivity contribution in [2.24, 2.45) is 10.7 Å². The highest BCUT2D eigenvalue weighted by Crippen LogP contribution is 2.32. The van der Waals surface area contributed by atoms with E-state index in [9.17, 15) is 4.79 Å². The molecule has 0 aliphatic carbocycles. The summed E-state index contributed by atoms with van der Waals surface area (Å²) in [5, 5.41) is 0.532. The SMILES string of the molecule is C#CC(C)N1C(=O)N=C(N)C1c1ccccc1Cl. The minimum Gasteiger partial charge on any atom is -0.385 e. The van der Waals surface area contributed by atoms with Crippen LogP contribution >= 0.6 is 11.6 Å². The number of terminal acetylenes is 1. The van der Waals surface area contributed by atoms with Gasteiger partial charge in [0.05, 0.1) is 6.04 Å². The molecule has 2 rings (SSSR count). The molecule has 1 aromatic carbocycles. The Morgan fingerprint density at radius 3 is 2.83 bits per heavy atom. The summed E-state index contributed by atoms with van der Waals surface area (Å²) in [7, 11) is 0. The van der Waals surface area contributed by atoms with E-state index in [0.717, 1.165) is 5.56 Å². The number of benzene rings is 1. The molecule has 0 fully saturated rings. The molecule has 18 heavy (non-hydrogen) atoms. The van der Waals surface area contributed by atoms with Gasteiger partial charge in [-0.1, -0.05) is 35.7 Å². The number of amides is 2. The molecule has 0 saturated carbocycles.